The zero-order chi connectivity index (χ0) is 29.9. The number of hydrogen-bond acceptors (Lipinski definition) is 6. The number of esters is 1. The standard InChI is InChI=1S/C32H29F4NO5/c1-2-6-20-7-13-23(14-8-20)40-29-27(38)24-15-16-26(41-31(39)21-9-11-22(33)12-10-21)25(19-37-17-4-3-5-18-37)28(24)42-30(29)32(34,35)36/h7-16H,2-6,17-19H2,1H3. The first-order valence-electron chi connectivity index (χ1n) is 13.8. The van der Waals surface area contributed by atoms with Crippen LogP contribution in [0.15, 0.2) is 69.9 Å². The number of carbonyl (C=O) groups excluding carboxylic acids is 1. The zero-order valence-corrected chi connectivity index (χ0v) is 22.9. The molecular weight excluding hydrogens is 554 g/mol. The first-order valence-corrected chi connectivity index (χ1v) is 13.8. The zero-order valence-electron chi connectivity index (χ0n) is 22.9. The minimum absolute atomic E-state index is 0.0477. The molecule has 0 bridgehead atoms. The molecule has 0 aliphatic carbocycles. The number of ether oxygens (including phenoxy) is 2. The van der Waals surface area contributed by atoms with Crippen LogP contribution in [0.2, 0.25) is 0 Å². The van der Waals surface area contributed by atoms with E-state index in [0.29, 0.717) is 13.1 Å². The Balaban J connectivity index is 1.62. The van der Waals surface area contributed by atoms with Gasteiger partial charge in [-0.05, 0) is 86.4 Å². The number of benzene rings is 3. The highest BCUT2D eigenvalue weighted by Crippen LogP contribution is 2.40. The van der Waals surface area contributed by atoms with Gasteiger partial charge in [0.05, 0.1) is 16.5 Å². The van der Waals surface area contributed by atoms with Gasteiger partial charge in [-0.25, -0.2) is 9.18 Å². The lowest BCUT2D eigenvalue weighted by Crippen LogP contribution is -2.29. The van der Waals surface area contributed by atoms with E-state index in [1.54, 1.807) is 12.1 Å². The Morgan fingerprint density at radius 3 is 2.29 bits per heavy atom. The highest BCUT2D eigenvalue weighted by atomic mass is 19.4. The van der Waals surface area contributed by atoms with Gasteiger partial charge in [0.25, 0.3) is 5.76 Å². The van der Waals surface area contributed by atoms with Crippen LogP contribution in [-0.4, -0.2) is 24.0 Å². The number of hydrogen-bond donors (Lipinski definition) is 0. The van der Waals surface area contributed by atoms with Gasteiger partial charge in [-0.15, -0.1) is 0 Å². The summed E-state index contributed by atoms with van der Waals surface area (Å²) in [6, 6.07) is 13.8. The van der Waals surface area contributed by atoms with E-state index < -0.39 is 34.9 Å². The number of rotatable bonds is 8. The summed E-state index contributed by atoms with van der Waals surface area (Å²) in [4.78, 5) is 28.4. The smallest absolute Gasteiger partial charge is 0.449 e. The lowest BCUT2D eigenvalue weighted by molar-refractivity contribution is -0.154. The molecule has 1 fully saturated rings. The fourth-order valence-corrected chi connectivity index (χ4v) is 5.02. The third-order valence-electron chi connectivity index (χ3n) is 7.13. The minimum Gasteiger partial charge on any atom is -0.449 e. The van der Waals surface area contributed by atoms with E-state index in [1.807, 2.05) is 11.8 Å². The van der Waals surface area contributed by atoms with E-state index in [2.05, 4.69) is 0 Å². The van der Waals surface area contributed by atoms with E-state index in [-0.39, 0.29) is 40.1 Å². The molecule has 1 saturated heterocycles. The molecule has 0 spiro atoms. The number of piperidine rings is 1. The summed E-state index contributed by atoms with van der Waals surface area (Å²) in [5, 5.41) is -0.144. The fourth-order valence-electron chi connectivity index (χ4n) is 5.02. The van der Waals surface area contributed by atoms with Gasteiger partial charge < -0.3 is 13.9 Å². The molecule has 1 aromatic heterocycles. The van der Waals surface area contributed by atoms with Crippen molar-refractivity contribution in [3.63, 3.8) is 0 Å². The molecule has 10 heteroatoms. The van der Waals surface area contributed by atoms with Gasteiger partial charge in [-0.3, -0.25) is 9.69 Å². The van der Waals surface area contributed by atoms with Gasteiger partial charge in [0, 0.05) is 6.54 Å². The molecule has 0 unspecified atom stereocenters. The van der Waals surface area contributed by atoms with Gasteiger partial charge >= 0.3 is 12.1 Å². The van der Waals surface area contributed by atoms with Gasteiger partial charge in [0.1, 0.15) is 22.9 Å². The number of alkyl halides is 3. The van der Waals surface area contributed by atoms with E-state index in [4.69, 9.17) is 13.9 Å². The maximum absolute atomic E-state index is 14.3. The van der Waals surface area contributed by atoms with Crippen molar-refractivity contribution in [2.75, 3.05) is 13.1 Å². The highest BCUT2D eigenvalue weighted by molar-refractivity contribution is 5.92. The predicted molar refractivity (Wildman–Crippen MR) is 148 cm³/mol. The monoisotopic (exact) mass is 583 g/mol. The quantitative estimate of drug-likeness (QED) is 0.119. The predicted octanol–water partition coefficient (Wildman–Crippen LogP) is 7.90. The number of aryl methyl sites for hydroxylation is 1. The van der Waals surface area contributed by atoms with Crippen molar-refractivity contribution >= 4 is 16.9 Å². The minimum atomic E-state index is -5.06. The average molecular weight is 584 g/mol. The SMILES string of the molecule is CCCc1ccc(Oc2c(C(F)(F)F)oc3c(CN4CCCCC4)c(OC(=O)c4ccc(F)cc4)ccc3c2=O)cc1. The van der Waals surface area contributed by atoms with E-state index >= 15 is 0 Å². The second-order valence-electron chi connectivity index (χ2n) is 10.2. The van der Waals surface area contributed by atoms with Crippen molar-refractivity contribution in [3.8, 4) is 17.2 Å². The molecule has 1 aliphatic rings. The Hall–Kier alpha value is -4.18. The molecule has 0 atom stereocenters. The van der Waals surface area contributed by atoms with E-state index in [0.717, 1.165) is 49.8 Å². The number of halogens is 4. The van der Waals surface area contributed by atoms with Crippen LogP contribution in [0.3, 0.4) is 0 Å². The third kappa shape index (κ3) is 6.49. The number of likely N-dealkylation sites (tertiary alicyclic amines) is 1. The Morgan fingerprint density at radius 2 is 1.64 bits per heavy atom. The van der Waals surface area contributed by atoms with Crippen molar-refractivity contribution in [1.82, 2.24) is 4.90 Å². The molecule has 4 aromatic rings. The molecule has 1 aliphatic heterocycles. The highest BCUT2D eigenvalue weighted by Gasteiger charge is 2.41. The number of nitrogens with zero attached hydrogens (tertiary/aromatic N) is 1. The lowest BCUT2D eigenvalue weighted by atomic mass is 10.1. The molecule has 220 valence electrons. The van der Waals surface area contributed by atoms with Crippen LogP contribution in [0.1, 0.15) is 59.9 Å². The molecule has 0 N–H and O–H groups in total. The second-order valence-corrected chi connectivity index (χ2v) is 10.2. The molecule has 3 aromatic carbocycles. The first kappa shape index (κ1) is 29.3. The summed E-state index contributed by atoms with van der Waals surface area (Å²) in [7, 11) is 0. The van der Waals surface area contributed by atoms with Crippen molar-refractivity contribution < 1.29 is 36.2 Å². The molecule has 0 saturated carbocycles. The Morgan fingerprint density at radius 1 is 0.952 bits per heavy atom. The Bertz CT molecular complexity index is 1620. The van der Waals surface area contributed by atoms with Crippen LogP contribution < -0.4 is 14.9 Å². The summed E-state index contributed by atoms with van der Waals surface area (Å²) in [5.41, 5.74) is -0.184. The van der Waals surface area contributed by atoms with Crippen LogP contribution in [0.4, 0.5) is 17.6 Å². The van der Waals surface area contributed by atoms with Crippen molar-refractivity contribution in [1.29, 1.82) is 0 Å². The van der Waals surface area contributed by atoms with Gasteiger partial charge in [0.15, 0.2) is 0 Å². The average Bonchev–Trinajstić information content (AvgIpc) is 2.97. The van der Waals surface area contributed by atoms with Crippen molar-refractivity contribution in [2.45, 2.75) is 51.7 Å². The summed E-state index contributed by atoms with van der Waals surface area (Å²) in [6.07, 6.45) is -0.571. The third-order valence-corrected chi connectivity index (χ3v) is 7.13. The lowest BCUT2D eigenvalue weighted by Gasteiger charge is -2.27. The fraction of sp³-hybridized carbons (Fsp3) is 0.312. The van der Waals surface area contributed by atoms with Crippen LogP contribution in [0.25, 0.3) is 11.0 Å². The van der Waals surface area contributed by atoms with Crippen LogP contribution in [0.5, 0.6) is 17.2 Å². The van der Waals surface area contributed by atoms with Crippen molar-refractivity contribution in [3.05, 3.63) is 99.2 Å². The molecular formula is C32H29F4NO5. The summed E-state index contributed by atoms with van der Waals surface area (Å²) >= 11 is 0. The summed E-state index contributed by atoms with van der Waals surface area (Å²) in [5.74, 6) is -3.93. The maximum atomic E-state index is 14.3. The molecule has 0 radical (unpaired) electrons. The summed E-state index contributed by atoms with van der Waals surface area (Å²) in [6.45, 7) is 3.44. The second kappa shape index (κ2) is 12.4. The first-order chi connectivity index (χ1) is 20.1. The van der Waals surface area contributed by atoms with Gasteiger partial charge in [0.2, 0.25) is 11.2 Å². The topological polar surface area (TPSA) is 69.0 Å². The molecule has 2 heterocycles. The number of carbonyl (C=O) groups is 1. The van der Waals surface area contributed by atoms with E-state index in [9.17, 15) is 27.2 Å². The van der Waals surface area contributed by atoms with E-state index in [1.165, 1.54) is 36.4 Å². The van der Waals surface area contributed by atoms with Gasteiger partial charge in [-0.2, -0.15) is 13.2 Å². The Labute approximate surface area is 239 Å². The molecule has 5 rings (SSSR count). The molecule has 6 nitrogen and oxygen atoms in total. The van der Waals surface area contributed by atoms with Crippen LogP contribution in [0, 0.1) is 5.82 Å². The largest absolute Gasteiger partial charge is 0.453 e. The summed E-state index contributed by atoms with van der Waals surface area (Å²) < 4.78 is 72.9. The molecule has 0 amide bonds. The van der Waals surface area contributed by atoms with Gasteiger partial charge in [-0.1, -0.05) is 31.9 Å². The maximum Gasteiger partial charge on any atom is 0.453 e. The van der Waals surface area contributed by atoms with Crippen LogP contribution >= 0.6 is 0 Å². The normalized spacial score (nSPS) is 14.2. The number of fused-ring (bicyclic) bond motifs is 1. The Kier molecular flexibility index (Phi) is 8.63. The van der Waals surface area contributed by atoms with Crippen molar-refractivity contribution in [2.24, 2.45) is 0 Å². The van der Waals surface area contributed by atoms with Crippen LogP contribution in [-0.2, 0) is 19.1 Å². The molecule has 42 heavy (non-hydrogen) atoms.